The average molecular weight is 1130 g/mol. The van der Waals surface area contributed by atoms with E-state index in [9.17, 15) is 60.7 Å². The first-order valence-electron chi connectivity index (χ1n) is 28.3. The molecule has 81 heavy (non-hydrogen) atoms. The maximum Gasteiger partial charge on any atom is 0.307 e. The largest absolute Gasteiger partial charge is 0.481 e. The lowest BCUT2D eigenvalue weighted by Crippen LogP contribution is -2.60. The molecule has 4 aromatic rings. The fourth-order valence-corrected chi connectivity index (χ4v) is 12.1. The third kappa shape index (κ3) is 15.1. The highest BCUT2D eigenvalue weighted by Gasteiger charge is 2.51. The lowest BCUT2D eigenvalue weighted by Gasteiger charge is -2.42. The molecule has 4 aliphatic heterocycles. The number of carboxylic acids is 2. The van der Waals surface area contributed by atoms with Crippen molar-refractivity contribution in [2.24, 2.45) is 17.3 Å². The molecule has 10 atom stereocenters. The highest BCUT2D eigenvalue weighted by Crippen LogP contribution is 2.45. The Labute approximate surface area is 470 Å². The van der Waals surface area contributed by atoms with Crippen molar-refractivity contribution in [3.8, 4) is 33.8 Å². The van der Waals surface area contributed by atoms with Crippen LogP contribution in [0.3, 0.4) is 0 Å². The molecule has 0 saturated carbocycles. The Kier molecular flexibility index (Phi) is 21.6. The van der Waals surface area contributed by atoms with Gasteiger partial charge in [0.25, 0.3) is 0 Å². The van der Waals surface area contributed by atoms with E-state index in [1.54, 1.807) is 72.8 Å². The summed E-state index contributed by atoms with van der Waals surface area (Å²) in [7, 11) is 0. The van der Waals surface area contributed by atoms with Gasteiger partial charge in [0.1, 0.15) is 71.9 Å². The Balaban J connectivity index is 1.04. The van der Waals surface area contributed by atoms with E-state index >= 15 is 9.59 Å². The number of piperidine rings is 2. The van der Waals surface area contributed by atoms with Crippen LogP contribution in [0.25, 0.3) is 22.3 Å². The van der Waals surface area contributed by atoms with Gasteiger partial charge in [-0.15, -0.1) is 0 Å². The van der Waals surface area contributed by atoms with Gasteiger partial charge in [-0.1, -0.05) is 60.7 Å². The van der Waals surface area contributed by atoms with Crippen molar-refractivity contribution in [1.82, 2.24) is 10.6 Å². The van der Waals surface area contributed by atoms with E-state index in [1.807, 2.05) is 12.1 Å². The van der Waals surface area contributed by atoms with Gasteiger partial charge in [0, 0.05) is 24.0 Å². The summed E-state index contributed by atoms with van der Waals surface area (Å²) in [6.07, 6.45) is -9.64. The highest BCUT2D eigenvalue weighted by atomic mass is 16.7. The molecule has 0 amide bonds. The molecule has 0 radical (unpaired) electrons. The van der Waals surface area contributed by atoms with Crippen molar-refractivity contribution < 1.29 is 89.2 Å². The van der Waals surface area contributed by atoms with Crippen molar-refractivity contribution in [1.29, 1.82) is 0 Å². The van der Waals surface area contributed by atoms with Gasteiger partial charge in [-0.25, -0.2) is 0 Å². The number of benzene rings is 4. The third-order valence-corrected chi connectivity index (χ3v) is 16.6. The summed E-state index contributed by atoms with van der Waals surface area (Å²) in [5.41, 5.74) is 3.54. The van der Waals surface area contributed by atoms with E-state index in [4.69, 9.17) is 18.9 Å². The fraction of sp³-hybridized carbons (Fsp3) is 0.541. The van der Waals surface area contributed by atoms with E-state index in [2.05, 4.69) is 10.6 Å². The molecule has 0 unspecified atom stereocenters. The molecule has 4 heterocycles. The van der Waals surface area contributed by atoms with Crippen LogP contribution >= 0.6 is 0 Å². The number of carbonyl (C=O) groups excluding carboxylic acids is 2. The van der Waals surface area contributed by atoms with Crippen LogP contribution in [0.5, 0.6) is 11.5 Å². The topological polar surface area (TPSA) is 332 Å². The minimum absolute atomic E-state index is 0.0873. The van der Waals surface area contributed by atoms with Gasteiger partial charge in [-0.3, -0.25) is 19.2 Å². The molecular weight excluding hydrogens is 1050 g/mol. The maximum atomic E-state index is 15.4. The molecule has 0 aliphatic carbocycles. The average Bonchev–Trinajstić information content (AvgIpc) is 3.55. The second kappa shape index (κ2) is 28.5. The van der Waals surface area contributed by atoms with Crippen LogP contribution in [0.2, 0.25) is 0 Å². The molecule has 20 heteroatoms. The van der Waals surface area contributed by atoms with Gasteiger partial charge in [-0.05, 0) is 160 Å². The standard InChI is InChI=1S/C61H78N2O18/c64-33-47-53(72)55(74)57(76)59(80-47)78-45-15-13-36(29-43(45)40-9-1-7-38(27-40)31-51(68)69)5-3-11-49(66)61(42-20-25-63-26-21-42,22-17-35-18-23-62-24-19-35)50(67)12-4-6-37-14-16-46(79-60-58(77)56(75)54(73)48(34-65)81-60)44(30-37)41-10-2-8-39(28-41)32-52(70)71/h1-2,7-10,13-16,27-30,35,42,47-48,53-60,62-65,72-77H,3-6,11-12,17-26,31-34H2,(H,68,69)(H,70,71)/t47-,48-,53-,54-,55+,56+,57+,58+,59+,60+/m1/s1. The van der Waals surface area contributed by atoms with Crippen LogP contribution in [0.1, 0.15) is 86.5 Å². The number of hydrogen-bond acceptors (Lipinski definition) is 18. The zero-order chi connectivity index (χ0) is 57.8. The van der Waals surface area contributed by atoms with Gasteiger partial charge in [-0.2, -0.15) is 0 Å². The smallest absolute Gasteiger partial charge is 0.307 e. The van der Waals surface area contributed by atoms with E-state index in [0.29, 0.717) is 97.3 Å². The third-order valence-electron chi connectivity index (χ3n) is 16.6. The van der Waals surface area contributed by atoms with Gasteiger partial charge < -0.3 is 80.6 Å². The van der Waals surface area contributed by atoms with E-state index < -0.39 is 92.0 Å². The fourth-order valence-electron chi connectivity index (χ4n) is 12.1. The molecule has 4 aromatic carbocycles. The molecule has 4 fully saturated rings. The van der Waals surface area contributed by atoms with Crippen LogP contribution in [0.4, 0.5) is 0 Å². The Bertz CT molecular complexity index is 2600. The zero-order valence-corrected chi connectivity index (χ0v) is 45.4. The first-order chi connectivity index (χ1) is 39.0. The lowest BCUT2D eigenvalue weighted by atomic mass is 9.61. The lowest BCUT2D eigenvalue weighted by molar-refractivity contribution is -0.277. The summed E-state index contributed by atoms with van der Waals surface area (Å²) in [4.78, 5) is 54.2. The molecule has 8 rings (SSSR count). The Morgan fingerprint density at radius 3 is 1.38 bits per heavy atom. The minimum Gasteiger partial charge on any atom is -0.481 e. The van der Waals surface area contributed by atoms with E-state index in [-0.39, 0.29) is 54.7 Å². The number of hydrogen-bond donors (Lipinski definition) is 12. The summed E-state index contributed by atoms with van der Waals surface area (Å²) < 4.78 is 23.7. The van der Waals surface area contributed by atoms with Crippen molar-refractivity contribution in [3.05, 3.63) is 107 Å². The number of carbonyl (C=O) groups is 4. The summed E-state index contributed by atoms with van der Waals surface area (Å²) in [6, 6.07) is 24.3. The second-order valence-electron chi connectivity index (χ2n) is 22.1. The van der Waals surface area contributed by atoms with Crippen LogP contribution in [-0.4, -0.2) is 175 Å². The number of nitrogens with one attached hydrogen (secondary N) is 2. The molecule has 0 spiro atoms. The Morgan fingerprint density at radius 1 is 0.531 bits per heavy atom. The SMILES string of the molecule is O=C(O)Cc1cccc(-c2cc(CCCC(=O)C(CCC3CCNCC3)(C(=O)CCCc3ccc(O[C@H]4O[C@H](CO)[C@@H](O)[C@H](O)[C@@H]4O)c(-c4cccc(CC(=O)O)c4)c3)C3CCNCC3)ccc2O[C@H]2O[C@H](CO)[C@@H](O)[C@H](O)[C@@H]2O)c1. The van der Waals surface area contributed by atoms with Gasteiger partial charge in [0.2, 0.25) is 12.6 Å². The minimum atomic E-state index is -1.69. The number of aliphatic carboxylic acids is 2. The van der Waals surface area contributed by atoms with E-state index in [1.165, 1.54) is 0 Å². The van der Waals surface area contributed by atoms with Crippen LogP contribution in [0.15, 0.2) is 84.9 Å². The van der Waals surface area contributed by atoms with Crippen LogP contribution in [0, 0.1) is 17.3 Å². The molecule has 0 aromatic heterocycles. The predicted octanol–water partition coefficient (Wildman–Crippen LogP) is 2.88. The number of carboxylic acid groups (broad SMARTS) is 2. The molecule has 20 nitrogen and oxygen atoms in total. The van der Waals surface area contributed by atoms with Crippen molar-refractivity contribution in [3.63, 3.8) is 0 Å². The number of rotatable bonds is 26. The maximum absolute atomic E-state index is 15.4. The first kappa shape index (κ1) is 61.4. The summed E-state index contributed by atoms with van der Waals surface area (Å²) >= 11 is 0. The number of ketones is 2. The van der Waals surface area contributed by atoms with E-state index in [0.717, 1.165) is 43.5 Å². The number of Topliss-reactive ketones (excluding diaryl/α,β-unsaturated/α-hetero) is 2. The number of ether oxygens (including phenoxy) is 4. The van der Waals surface area contributed by atoms with Gasteiger partial charge in [0.15, 0.2) is 0 Å². The Morgan fingerprint density at radius 2 is 0.963 bits per heavy atom. The second-order valence-corrected chi connectivity index (χ2v) is 22.1. The number of aliphatic hydroxyl groups excluding tert-OH is 8. The van der Waals surface area contributed by atoms with Crippen molar-refractivity contribution in [2.75, 3.05) is 39.4 Å². The highest BCUT2D eigenvalue weighted by molar-refractivity contribution is 6.07. The zero-order valence-electron chi connectivity index (χ0n) is 45.4. The molecule has 4 saturated heterocycles. The predicted molar refractivity (Wildman–Crippen MR) is 294 cm³/mol. The van der Waals surface area contributed by atoms with Gasteiger partial charge in [0.05, 0.1) is 31.5 Å². The molecular formula is C61H78N2O18. The molecule has 0 bridgehead atoms. The summed E-state index contributed by atoms with van der Waals surface area (Å²) in [6.45, 7) is 1.76. The quantitative estimate of drug-likeness (QED) is 0.0402. The first-order valence-corrected chi connectivity index (χ1v) is 28.3. The normalized spacial score (nSPS) is 25.7. The summed E-state index contributed by atoms with van der Waals surface area (Å²) in [5.74, 6) is -1.65. The monoisotopic (exact) mass is 1130 g/mol. The molecule has 12 N–H and O–H groups in total. The summed E-state index contributed by atoms with van der Waals surface area (Å²) in [5, 5.41) is 109. The van der Waals surface area contributed by atoms with Crippen LogP contribution < -0.4 is 20.1 Å². The number of aliphatic hydroxyl groups is 8. The van der Waals surface area contributed by atoms with Crippen molar-refractivity contribution in [2.45, 2.75) is 151 Å². The van der Waals surface area contributed by atoms with Crippen LogP contribution in [-0.2, 0) is 54.3 Å². The van der Waals surface area contributed by atoms with Crippen molar-refractivity contribution >= 4 is 23.5 Å². The Hall–Kier alpha value is -5.72. The molecule has 440 valence electrons. The number of aryl methyl sites for hydroxylation is 2. The van der Waals surface area contributed by atoms with Gasteiger partial charge >= 0.3 is 11.9 Å². The molecule has 4 aliphatic rings.